The van der Waals surface area contributed by atoms with Gasteiger partial charge in [-0.1, -0.05) is 18.2 Å². The third kappa shape index (κ3) is 4.73. The van der Waals surface area contributed by atoms with E-state index in [0.29, 0.717) is 28.6 Å². The van der Waals surface area contributed by atoms with Crippen molar-refractivity contribution in [3.8, 4) is 28.6 Å². The van der Waals surface area contributed by atoms with Crippen LogP contribution in [0, 0.1) is 6.92 Å². The fourth-order valence-electron chi connectivity index (χ4n) is 3.79. The predicted octanol–water partition coefficient (Wildman–Crippen LogP) is 5.39. The van der Waals surface area contributed by atoms with Gasteiger partial charge in [-0.15, -0.1) is 11.3 Å². The lowest BCUT2D eigenvalue weighted by atomic mass is 10.0. The minimum absolute atomic E-state index is 0.118. The molecule has 4 rings (SSSR count). The fraction of sp³-hybridized carbons (Fsp3) is 0.269. The maximum atomic E-state index is 12.7. The Morgan fingerprint density at radius 2 is 1.82 bits per heavy atom. The minimum Gasteiger partial charge on any atom is -0.493 e. The van der Waals surface area contributed by atoms with Crippen LogP contribution in [0.5, 0.6) is 17.4 Å². The average Bonchev–Trinajstić information content (AvgIpc) is 3.31. The molecule has 1 atom stereocenters. The summed E-state index contributed by atoms with van der Waals surface area (Å²) in [4.78, 5) is 21.7. The molecule has 8 heteroatoms. The van der Waals surface area contributed by atoms with Gasteiger partial charge in [-0.25, -0.2) is 4.98 Å². The van der Waals surface area contributed by atoms with Gasteiger partial charge in [0.05, 0.1) is 27.0 Å². The number of fused-ring (bicyclic) bond motifs is 1. The van der Waals surface area contributed by atoms with E-state index >= 15 is 0 Å². The van der Waals surface area contributed by atoms with Gasteiger partial charge in [0.2, 0.25) is 5.88 Å². The number of hydrogen-bond donors (Lipinski definition) is 1. The van der Waals surface area contributed by atoms with E-state index in [0.717, 1.165) is 10.9 Å². The van der Waals surface area contributed by atoms with Crippen LogP contribution >= 0.6 is 11.3 Å². The number of ketones is 1. The van der Waals surface area contributed by atoms with Crippen molar-refractivity contribution in [1.82, 2.24) is 9.97 Å². The summed E-state index contributed by atoms with van der Waals surface area (Å²) in [6, 6.07) is 12.9. The van der Waals surface area contributed by atoms with Crippen molar-refractivity contribution in [2.75, 3.05) is 21.3 Å². The Kier molecular flexibility index (Phi) is 7.09. The number of aromatic nitrogens is 2. The topological polar surface area (TPSA) is 90.8 Å². The maximum Gasteiger partial charge on any atom is 0.216 e. The standard InChI is InChI=1S/C26H26N2O5S/c1-15-6-5-7-17-18(14-34-25(15)17)19-13-24(33-4)28-26(27-19)21(30)10-9-20(29)16-8-11-22(31-2)23(12-16)32-3/h5-8,11-14,21,30H,9-10H2,1-4H3. The number of aliphatic hydroxyl groups is 1. The Hall–Kier alpha value is -3.49. The molecule has 0 amide bonds. The van der Waals surface area contributed by atoms with Gasteiger partial charge in [0, 0.05) is 39.1 Å². The molecule has 0 aliphatic heterocycles. The molecular formula is C26H26N2O5S. The van der Waals surface area contributed by atoms with Crippen LogP contribution in [-0.2, 0) is 0 Å². The maximum absolute atomic E-state index is 12.7. The van der Waals surface area contributed by atoms with Crippen molar-refractivity contribution < 1.29 is 24.1 Å². The number of thiophene rings is 1. The van der Waals surface area contributed by atoms with Gasteiger partial charge in [0.1, 0.15) is 6.10 Å². The van der Waals surface area contributed by atoms with Crippen LogP contribution in [0.4, 0.5) is 0 Å². The zero-order valence-corrected chi connectivity index (χ0v) is 20.3. The number of Topliss-reactive ketones (excluding diaryl/α,β-unsaturated/α-hetero) is 1. The van der Waals surface area contributed by atoms with E-state index in [2.05, 4.69) is 34.4 Å². The van der Waals surface area contributed by atoms with E-state index < -0.39 is 6.10 Å². The summed E-state index contributed by atoms with van der Waals surface area (Å²) in [6.45, 7) is 2.08. The van der Waals surface area contributed by atoms with Crippen molar-refractivity contribution in [3.05, 3.63) is 64.8 Å². The summed E-state index contributed by atoms with van der Waals surface area (Å²) in [5.41, 5.74) is 3.31. The number of hydrogen-bond acceptors (Lipinski definition) is 8. The lowest BCUT2D eigenvalue weighted by Gasteiger charge is -2.13. The lowest BCUT2D eigenvalue weighted by Crippen LogP contribution is -2.09. The quantitative estimate of drug-likeness (QED) is 0.323. The first-order chi connectivity index (χ1) is 16.4. The third-order valence-corrected chi connectivity index (χ3v) is 6.78. The number of aliphatic hydroxyl groups excluding tert-OH is 1. The van der Waals surface area contributed by atoms with Crippen LogP contribution in [-0.4, -0.2) is 42.2 Å². The Balaban J connectivity index is 1.56. The smallest absolute Gasteiger partial charge is 0.216 e. The molecule has 4 aromatic rings. The molecule has 0 aliphatic rings. The predicted molar refractivity (Wildman–Crippen MR) is 132 cm³/mol. The second-order valence-electron chi connectivity index (χ2n) is 7.80. The second kappa shape index (κ2) is 10.2. The summed E-state index contributed by atoms with van der Waals surface area (Å²) in [5, 5.41) is 14.0. The average molecular weight is 479 g/mol. The molecule has 2 aromatic carbocycles. The molecule has 2 aromatic heterocycles. The largest absolute Gasteiger partial charge is 0.493 e. The van der Waals surface area contributed by atoms with Crippen molar-refractivity contribution in [3.63, 3.8) is 0 Å². The van der Waals surface area contributed by atoms with Gasteiger partial charge in [-0.3, -0.25) is 4.79 Å². The van der Waals surface area contributed by atoms with E-state index in [4.69, 9.17) is 14.2 Å². The highest BCUT2D eigenvalue weighted by atomic mass is 32.1. The highest BCUT2D eigenvalue weighted by Gasteiger charge is 2.19. The van der Waals surface area contributed by atoms with Crippen molar-refractivity contribution >= 4 is 27.2 Å². The molecule has 0 radical (unpaired) electrons. The molecule has 0 bridgehead atoms. The highest BCUT2D eigenvalue weighted by molar-refractivity contribution is 7.18. The summed E-state index contributed by atoms with van der Waals surface area (Å²) >= 11 is 1.65. The van der Waals surface area contributed by atoms with Crippen LogP contribution in [0.1, 0.15) is 40.7 Å². The van der Waals surface area contributed by atoms with Gasteiger partial charge in [-0.2, -0.15) is 4.98 Å². The van der Waals surface area contributed by atoms with E-state index in [1.807, 2.05) is 6.07 Å². The Labute approximate surface area is 202 Å². The van der Waals surface area contributed by atoms with Gasteiger partial charge in [0.25, 0.3) is 0 Å². The number of nitrogens with zero attached hydrogens (tertiary/aromatic N) is 2. The number of carbonyl (C=O) groups is 1. The van der Waals surface area contributed by atoms with Crippen LogP contribution in [0.25, 0.3) is 21.3 Å². The van der Waals surface area contributed by atoms with Gasteiger partial charge in [-0.05, 0) is 37.1 Å². The zero-order chi connectivity index (χ0) is 24.2. The second-order valence-corrected chi connectivity index (χ2v) is 8.68. The van der Waals surface area contributed by atoms with Crippen molar-refractivity contribution in [2.24, 2.45) is 0 Å². The van der Waals surface area contributed by atoms with E-state index in [-0.39, 0.29) is 24.4 Å². The van der Waals surface area contributed by atoms with Gasteiger partial charge >= 0.3 is 0 Å². The van der Waals surface area contributed by atoms with Crippen molar-refractivity contribution in [2.45, 2.75) is 25.9 Å². The lowest BCUT2D eigenvalue weighted by molar-refractivity contribution is 0.0933. The minimum atomic E-state index is -1.02. The number of rotatable bonds is 9. The molecule has 1 N–H and O–H groups in total. The first kappa shape index (κ1) is 23.7. The molecule has 0 aliphatic carbocycles. The number of carbonyl (C=O) groups excluding carboxylic acids is 1. The number of benzene rings is 2. The first-order valence-corrected chi connectivity index (χ1v) is 11.7. The highest BCUT2D eigenvalue weighted by Crippen LogP contribution is 2.36. The summed E-state index contributed by atoms with van der Waals surface area (Å²) in [6.07, 6.45) is -0.735. The molecule has 34 heavy (non-hydrogen) atoms. The molecule has 7 nitrogen and oxygen atoms in total. The number of methoxy groups -OCH3 is 3. The molecular weight excluding hydrogens is 452 g/mol. The first-order valence-electron chi connectivity index (χ1n) is 10.8. The van der Waals surface area contributed by atoms with Gasteiger partial charge < -0.3 is 19.3 Å². The summed E-state index contributed by atoms with van der Waals surface area (Å²) in [5.74, 6) is 1.49. The Morgan fingerprint density at radius 1 is 1.03 bits per heavy atom. The molecule has 1 unspecified atom stereocenters. The molecule has 176 valence electrons. The summed E-state index contributed by atoms with van der Waals surface area (Å²) < 4.78 is 17.1. The van der Waals surface area contributed by atoms with Crippen LogP contribution in [0.15, 0.2) is 47.8 Å². The van der Waals surface area contributed by atoms with Crippen LogP contribution < -0.4 is 14.2 Å². The van der Waals surface area contributed by atoms with Gasteiger partial charge in [0.15, 0.2) is 23.1 Å². The van der Waals surface area contributed by atoms with Crippen LogP contribution in [0.3, 0.4) is 0 Å². The van der Waals surface area contributed by atoms with E-state index in [9.17, 15) is 9.90 Å². The molecule has 2 heterocycles. The third-order valence-electron chi connectivity index (χ3n) is 5.65. The normalized spacial score (nSPS) is 11.9. The molecule has 0 saturated carbocycles. The van der Waals surface area contributed by atoms with E-state index in [1.165, 1.54) is 31.6 Å². The number of ether oxygens (including phenoxy) is 3. The van der Waals surface area contributed by atoms with Crippen molar-refractivity contribution in [1.29, 1.82) is 0 Å². The van der Waals surface area contributed by atoms with E-state index in [1.54, 1.807) is 35.6 Å². The Bertz CT molecular complexity index is 1330. The Morgan fingerprint density at radius 3 is 2.56 bits per heavy atom. The zero-order valence-electron chi connectivity index (χ0n) is 19.5. The summed E-state index contributed by atoms with van der Waals surface area (Å²) in [7, 11) is 4.59. The molecule has 0 fully saturated rings. The molecule has 0 saturated heterocycles. The monoisotopic (exact) mass is 478 g/mol. The number of aryl methyl sites for hydroxylation is 1. The van der Waals surface area contributed by atoms with Crippen LogP contribution in [0.2, 0.25) is 0 Å². The SMILES string of the molecule is COc1cc(-c2csc3c(C)cccc23)nc(C(O)CCC(=O)c2ccc(OC)c(OC)c2)n1. The fourth-order valence-corrected chi connectivity index (χ4v) is 4.83. The molecule has 0 spiro atoms.